The first-order valence-corrected chi connectivity index (χ1v) is 13.4. The fourth-order valence-corrected chi connectivity index (χ4v) is 5.18. The number of alkyl halides is 2. The zero-order valence-corrected chi connectivity index (χ0v) is 23.1. The molecule has 0 unspecified atom stereocenters. The number of anilines is 3. The lowest BCUT2D eigenvalue weighted by atomic mass is 9.97. The maximum atomic E-state index is 15.7. The van der Waals surface area contributed by atoms with Crippen LogP contribution >= 0.6 is 0 Å². The molecular weight excluding hydrogens is 549 g/mol. The molecule has 3 aromatic rings. The summed E-state index contributed by atoms with van der Waals surface area (Å²) in [7, 11) is 2.00. The summed E-state index contributed by atoms with van der Waals surface area (Å²) in [6.07, 6.45) is 3.41. The molecule has 4 heterocycles. The van der Waals surface area contributed by atoms with E-state index >= 15 is 4.39 Å². The molecule has 0 spiro atoms. The zero-order chi connectivity index (χ0) is 30.0. The molecule has 2 aliphatic heterocycles. The van der Waals surface area contributed by atoms with E-state index < -0.39 is 29.3 Å². The summed E-state index contributed by atoms with van der Waals surface area (Å²) in [5, 5.41) is 11.7. The first-order chi connectivity index (χ1) is 20.1. The summed E-state index contributed by atoms with van der Waals surface area (Å²) in [5.41, 5.74) is 0.674. The minimum Gasteiger partial charge on any atom is -0.367 e. The van der Waals surface area contributed by atoms with Gasteiger partial charge in [-0.1, -0.05) is 6.08 Å². The first kappa shape index (κ1) is 28.8. The number of halogens is 3. The quantitative estimate of drug-likeness (QED) is 0.453. The lowest BCUT2D eigenvalue weighted by Crippen LogP contribution is -2.50. The van der Waals surface area contributed by atoms with E-state index in [4.69, 9.17) is 5.26 Å². The molecule has 0 saturated carbocycles. The number of amides is 1. The van der Waals surface area contributed by atoms with Gasteiger partial charge in [-0.3, -0.25) is 9.59 Å². The fourth-order valence-electron chi connectivity index (χ4n) is 5.18. The van der Waals surface area contributed by atoms with E-state index in [1.807, 2.05) is 35.9 Å². The van der Waals surface area contributed by atoms with Gasteiger partial charge in [-0.2, -0.15) is 5.26 Å². The predicted octanol–water partition coefficient (Wildman–Crippen LogP) is 3.80. The molecule has 42 heavy (non-hydrogen) atoms. The van der Waals surface area contributed by atoms with Gasteiger partial charge in [0.05, 0.1) is 35.0 Å². The molecule has 218 valence electrons. The molecule has 1 aromatic carbocycles. The van der Waals surface area contributed by atoms with E-state index in [2.05, 4.69) is 25.2 Å². The molecule has 5 rings (SSSR count). The summed E-state index contributed by atoms with van der Waals surface area (Å²) in [6.45, 7) is 4.89. The van der Waals surface area contributed by atoms with Gasteiger partial charge in [0, 0.05) is 62.2 Å². The number of hydrogen-bond acceptors (Lipinski definition) is 8. The van der Waals surface area contributed by atoms with Gasteiger partial charge < -0.3 is 25.0 Å². The van der Waals surface area contributed by atoms with E-state index in [1.54, 1.807) is 18.5 Å². The predicted molar refractivity (Wildman–Crippen MR) is 152 cm³/mol. The van der Waals surface area contributed by atoms with Crippen molar-refractivity contribution in [1.29, 1.82) is 5.26 Å². The van der Waals surface area contributed by atoms with Crippen LogP contribution < -0.4 is 20.7 Å². The second kappa shape index (κ2) is 12.0. The highest BCUT2D eigenvalue weighted by atomic mass is 19.3. The van der Waals surface area contributed by atoms with Gasteiger partial charge in [0.1, 0.15) is 11.9 Å². The third kappa shape index (κ3) is 5.99. The average Bonchev–Trinajstić information content (AvgIpc) is 2.99. The molecule has 0 bridgehead atoms. The van der Waals surface area contributed by atoms with Crippen molar-refractivity contribution in [2.45, 2.75) is 25.8 Å². The van der Waals surface area contributed by atoms with E-state index in [0.717, 1.165) is 17.5 Å². The number of nitrogens with zero attached hydrogens (tertiary/aromatic N) is 6. The van der Waals surface area contributed by atoms with Crippen molar-refractivity contribution in [3.05, 3.63) is 81.6 Å². The SMILES string of the molecule is C[C@H]1CN(c2cc(F)c(C3=CCN(c4cnc(C#N)nc4)CC3)cc2NC(=O)c2c[nH]c(=O)cc2C(F)F)CCN1C. The Kier molecular flexibility index (Phi) is 8.26. The summed E-state index contributed by atoms with van der Waals surface area (Å²) in [6, 6.07) is 5.67. The Morgan fingerprint density at radius 2 is 1.93 bits per heavy atom. The number of aromatic amines is 1. The highest BCUT2D eigenvalue weighted by Gasteiger charge is 2.27. The van der Waals surface area contributed by atoms with Crippen molar-refractivity contribution in [2.24, 2.45) is 0 Å². The zero-order valence-electron chi connectivity index (χ0n) is 23.1. The second-order valence-electron chi connectivity index (χ2n) is 10.3. The van der Waals surface area contributed by atoms with Crippen LogP contribution in [0.25, 0.3) is 5.57 Å². The monoisotopic (exact) mass is 578 g/mol. The number of nitrogens with one attached hydrogen (secondary N) is 2. The molecular formula is C29H29F3N8O2. The van der Waals surface area contributed by atoms with Crippen molar-refractivity contribution in [3.63, 3.8) is 0 Å². The lowest BCUT2D eigenvalue weighted by molar-refractivity contribution is 0.101. The maximum absolute atomic E-state index is 15.7. The van der Waals surface area contributed by atoms with Crippen LogP contribution in [0.5, 0.6) is 0 Å². The summed E-state index contributed by atoms with van der Waals surface area (Å²) in [5.74, 6) is -1.23. The van der Waals surface area contributed by atoms with Crippen LogP contribution in [-0.2, 0) is 0 Å². The summed E-state index contributed by atoms with van der Waals surface area (Å²) in [4.78, 5) is 41.3. The fraction of sp³-hybridized carbons (Fsp3) is 0.345. The van der Waals surface area contributed by atoms with Crippen molar-refractivity contribution in [2.75, 3.05) is 54.9 Å². The van der Waals surface area contributed by atoms with Crippen LogP contribution in [0.15, 0.2) is 47.7 Å². The van der Waals surface area contributed by atoms with Crippen LogP contribution in [0.3, 0.4) is 0 Å². The number of rotatable bonds is 6. The van der Waals surface area contributed by atoms with Gasteiger partial charge in [0.2, 0.25) is 11.4 Å². The van der Waals surface area contributed by atoms with Gasteiger partial charge in [-0.15, -0.1) is 0 Å². The van der Waals surface area contributed by atoms with E-state index in [9.17, 15) is 18.4 Å². The highest BCUT2D eigenvalue weighted by molar-refractivity contribution is 6.07. The van der Waals surface area contributed by atoms with Gasteiger partial charge >= 0.3 is 0 Å². The summed E-state index contributed by atoms with van der Waals surface area (Å²) < 4.78 is 43.1. The molecule has 1 fully saturated rings. The van der Waals surface area contributed by atoms with Crippen LogP contribution in [0.2, 0.25) is 0 Å². The number of benzene rings is 1. The number of hydrogen-bond donors (Lipinski definition) is 2. The molecule has 13 heteroatoms. The Morgan fingerprint density at radius 3 is 2.57 bits per heavy atom. The topological polar surface area (TPSA) is 121 Å². The number of aromatic nitrogens is 3. The largest absolute Gasteiger partial charge is 0.367 e. The van der Waals surface area contributed by atoms with E-state index in [1.165, 1.54) is 6.07 Å². The van der Waals surface area contributed by atoms with Crippen molar-refractivity contribution >= 4 is 28.5 Å². The van der Waals surface area contributed by atoms with Crippen molar-refractivity contribution < 1.29 is 18.0 Å². The third-order valence-corrected chi connectivity index (χ3v) is 7.73. The molecule has 2 N–H and O–H groups in total. The minimum atomic E-state index is -3.04. The Balaban J connectivity index is 1.48. The van der Waals surface area contributed by atoms with Gasteiger partial charge in [-0.25, -0.2) is 23.1 Å². The molecule has 10 nitrogen and oxygen atoms in total. The molecule has 2 aromatic heterocycles. The average molecular weight is 579 g/mol. The van der Waals surface area contributed by atoms with Crippen molar-refractivity contribution in [3.8, 4) is 6.07 Å². The summed E-state index contributed by atoms with van der Waals surface area (Å²) >= 11 is 0. The normalized spacial score (nSPS) is 17.6. The smallest absolute Gasteiger partial charge is 0.264 e. The number of nitriles is 1. The van der Waals surface area contributed by atoms with Crippen LogP contribution in [0.1, 0.15) is 47.1 Å². The highest BCUT2D eigenvalue weighted by Crippen LogP contribution is 2.36. The van der Waals surface area contributed by atoms with Crippen molar-refractivity contribution in [1.82, 2.24) is 19.9 Å². The van der Waals surface area contributed by atoms with Gasteiger partial charge in [0.25, 0.3) is 12.3 Å². The Morgan fingerprint density at radius 1 is 1.17 bits per heavy atom. The number of H-pyrrole nitrogens is 1. The third-order valence-electron chi connectivity index (χ3n) is 7.73. The molecule has 1 amide bonds. The Hall–Kier alpha value is -4.70. The molecule has 1 atom stereocenters. The molecule has 1 saturated heterocycles. The molecule has 2 aliphatic rings. The van der Waals surface area contributed by atoms with Crippen LogP contribution in [-0.4, -0.2) is 71.6 Å². The second-order valence-corrected chi connectivity index (χ2v) is 10.3. The lowest BCUT2D eigenvalue weighted by Gasteiger charge is -2.40. The van der Waals surface area contributed by atoms with Crippen LogP contribution in [0, 0.1) is 17.1 Å². The molecule has 0 radical (unpaired) electrons. The maximum Gasteiger partial charge on any atom is 0.264 e. The van der Waals surface area contributed by atoms with Crippen LogP contribution in [0.4, 0.5) is 30.2 Å². The minimum absolute atomic E-state index is 0.0704. The number of likely N-dealkylation sites (N-methyl/N-ethyl adjacent to an activating group) is 1. The standard InChI is InChI=1S/C29H29F3N8O2/c1-17-16-40(8-7-38(17)2)25-11-23(30)20(18-3-5-39(6-4-18)19-13-34-26(12-33)35-14-19)9-24(25)37-29(42)22-15-36-27(41)10-21(22)28(31)32/h3,9-11,13-15,17,28H,4-8,16H2,1-2H3,(H,36,41)(H,37,42)/t17-/m0/s1. The number of pyridine rings is 1. The van der Waals surface area contributed by atoms with Gasteiger partial charge in [0.15, 0.2) is 0 Å². The van der Waals surface area contributed by atoms with E-state index in [0.29, 0.717) is 56.5 Å². The first-order valence-electron chi connectivity index (χ1n) is 13.4. The number of carbonyl (C=O) groups is 1. The molecule has 0 aliphatic carbocycles. The number of piperazine rings is 1. The van der Waals surface area contributed by atoms with Gasteiger partial charge in [-0.05, 0) is 38.1 Å². The van der Waals surface area contributed by atoms with E-state index in [-0.39, 0.29) is 23.1 Å². The number of carbonyl (C=O) groups excluding carboxylic acids is 1. The Bertz CT molecular complexity index is 1620. The Labute approximate surface area is 240 Å².